The van der Waals surface area contributed by atoms with Crippen LogP contribution in [0, 0.1) is 0 Å². The normalized spacial score (nSPS) is 11.3. The van der Waals surface area contributed by atoms with E-state index in [0.29, 0.717) is 0 Å². The van der Waals surface area contributed by atoms with Gasteiger partial charge < -0.3 is 4.55 Å². The minimum absolute atomic E-state index is 0.741. The summed E-state index contributed by atoms with van der Waals surface area (Å²) in [5.41, 5.74) is -5.65. The van der Waals surface area contributed by atoms with Crippen molar-refractivity contribution in [1.29, 1.82) is 0 Å². The van der Waals surface area contributed by atoms with E-state index in [9.17, 15) is 13.2 Å². The minimum Gasteiger partial charge on any atom is -0.741 e. The van der Waals surface area contributed by atoms with Crippen LogP contribution in [0.2, 0.25) is 0 Å². The van der Waals surface area contributed by atoms with Gasteiger partial charge in [-0.1, -0.05) is 0 Å². The van der Waals surface area contributed by atoms with Gasteiger partial charge in [0.15, 0.2) is 10.1 Å². The second-order valence-electron chi connectivity index (χ2n) is 2.96. The standard InChI is InChI=1S/C5H12ClN2.CHF3O3S/c1-7(2)5(6)8(3)4;2-1(3,4)8(5,6)7/h1-4H3;(H,5,6,7)/q+1;/p-1. The van der Waals surface area contributed by atoms with Gasteiger partial charge in [-0.3, -0.25) is 9.48 Å². The second-order valence-corrected chi connectivity index (χ2v) is 4.67. The summed E-state index contributed by atoms with van der Waals surface area (Å²) < 4.78 is 60.8. The molecule has 0 atom stereocenters. The van der Waals surface area contributed by atoms with Gasteiger partial charge in [0.1, 0.15) is 0 Å². The van der Waals surface area contributed by atoms with Gasteiger partial charge in [0.25, 0.3) is 0 Å². The Bertz CT molecular complexity index is 347. The van der Waals surface area contributed by atoms with Gasteiger partial charge in [0.05, 0.1) is 28.2 Å². The first-order chi connectivity index (χ1) is 6.80. The van der Waals surface area contributed by atoms with Crippen molar-refractivity contribution in [2.45, 2.75) is 5.51 Å². The molecule has 0 N–H and O–H groups in total. The monoisotopic (exact) mass is 284 g/mol. The van der Waals surface area contributed by atoms with Crippen molar-refractivity contribution in [3.8, 4) is 0 Å². The molecule has 0 aromatic rings. The smallest absolute Gasteiger partial charge is 0.485 e. The van der Waals surface area contributed by atoms with Gasteiger partial charge >= 0.3 is 10.8 Å². The Balaban J connectivity index is 0. The van der Waals surface area contributed by atoms with E-state index in [1.165, 1.54) is 0 Å². The third-order valence-electron chi connectivity index (χ3n) is 1.02. The predicted octanol–water partition coefficient (Wildman–Crippen LogP) is 0.466. The summed E-state index contributed by atoms with van der Waals surface area (Å²) in [6, 6.07) is 0. The molecular weight excluding hydrogens is 273 g/mol. The maximum absolute atomic E-state index is 10.7. The topological polar surface area (TPSA) is 63.5 Å². The summed E-state index contributed by atoms with van der Waals surface area (Å²) in [5, 5.41) is 0.741. The molecule has 0 spiro atoms. The van der Waals surface area contributed by atoms with E-state index in [1.807, 2.05) is 37.7 Å². The summed E-state index contributed by atoms with van der Waals surface area (Å²) in [6.07, 6.45) is 0. The molecule has 0 saturated carbocycles. The van der Waals surface area contributed by atoms with E-state index in [2.05, 4.69) is 0 Å². The minimum atomic E-state index is -6.09. The largest absolute Gasteiger partial charge is 0.741 e. The lowest BCUT2D eigenvalue weighted by Crippen LogP contribution is -2.24. The quantitative estimate of drug-likeness (QED) is 0.162. The van der Waals surface area contributed by atoms with Crippen LogP contribution in [0.5, 0.6) is 0 Å². The van der Waals surface area contributed by atoms with E-state index in [0.717, 1.165) is 5.29 Å². The van der Waals surface area contributed by atoms with E-state index in [-0.39, 0.29) is 0 Å². The molecule has 0 aliphatic carbocycles. The van der Waals surface area contributed by atoms with Crippen LogP contribution in [0.4, 0.5) is 13.2 Å². The maximum Gasteiger partial charge on any atom is 0.485 e. The van der Waals surface area contributed by atoms with Crippen LogP contribution in [-0.4, -0.2) is 61.4 Å². The summed E-state index contributed by atoms with van der Waals surface area (Å²) in [5.74, 6) is 0. The van der Waals surface area contributed by atoms with E-state index in [4.69, 9.17) is 24.6 Å². The summed E-state index contributed by atoms with van der Waals surface area (Å²) in [4.78, 5) is 1.85. The van der Waals surface area contributed by atoms with Gasteiger partial charge in [-0.05, 0) is 0 Å². The molecule has 16 heavy (non-hydrogen) atoms. The molecule has 0 heterocycles. The lowest BCUT2D eigenvalue weighted by atomic mass is 10.9. The van der Waals surface area contributed by atoms with Crippen molar-refractivity contribution >= 4 is 27.0 Å². The van der Waals surface area contributed by atoms with Crippen molar-refractivity contribution in [2.75, 3.05) is 28.2 Å². The molecule has 0 saturated heterocycles. The number of nitrogens with zero attached hydrogens (tertiary/aromatic N) is 2. The summed E-state index contributed by atoms with van der Waals surface area (Å²) in [7, 11) is 1.53. The Hall–Kier alpha value is -0.540. The lowest BCUT2D eigenvalue weighted by Gasteiger charge is -2.08. The molecule has 0 aliphatic heterocycles. The lowest BCUT2D eigenvalue weighted by molar-refractivity contribution is -0.466. The Kier molecular flexibility index (Phi) is 6.98. The van der Waals surface area contributed by atoms with Crippen molar-refractivity contribution in [2.24, 2.45) is 0 Å². The molecule has 5 nitrogen and oxygen atoms in total. The molecule has 10 heteroatoms. The van der Waals surface area contributed by atoms with Crippen LogP contribution >= 0.6 is 11.6 Å². The highest BCUT2D eigenvalue weighted by Crippen LogP contribution is 2.20. The van der Waals surface area contributed by atoms with Gasteiger partial charge in [-0.15, -0.1) is 0 Å². The van der Waals surface area contributed by atoms with Crippen molar-refractivity contribution < 1.29 is 30.7 Å². The highest BCUT2D eigenvalue weighted by molar-refractivity contribution is 7.86. The summed E-state index contributed by atoms with van der Waals surface area (Å²) >= 11 is 5.72. The van der Waals surface area contributed by atoms with Gasteiger partial charge in [0.2, 0.25) is 0 Å². The molecular formula is C6H12ClF3N2O3S. The fraction of sp³-hybridized carbons (Fsp3) is 0.833. The van der Waals surface area contributed by atoms with Crippen LogP contribution in [0.15, 0.2) is 0 Å². The number of hydrogen-bond acceptors (Lipinski definition) is 3. The number of halogens is 4. The Labute approximate surface area is 96.9 Å². The van der Waals surface area contributed by atoms with E-state index in [1.54, 1.807) is 0 Å². The molecule has 0 aromatic carbocycles. The summed E-state index contributed by atoms with van der Waals surface area (Å²) in [6.45, 7) is 0. The third kappa shape index (κ3) is 7.71. The highest BCUT2D eigenvalue weighted by Gasteiger charge is 2.36. The zero-order valence-corrected chi connectivity index (χ0v) is 10.6. The first-order valence-corrected chi connectivity index (χ1v) is 5.48. The van der Waals surface area contributed by atoms with Crippen molar-refractivity contribution in [3.05, 3.63) is 0 Å². The van der Waals surface area contributed by atoms with Crippen LogP contribution in [-0.2, 0) is 10.1 Å². The SMILES string of the molecule is CN(C)C(Cl)=[N+](C)C.O=S(=O)([O-])C(F)(F)F. The Morgan fingerprint density at radius 2 is 1.56 bits per heavy atom. The molecule has 98 valence electrons. The number of alkyl halides is 3. The number of rotatable bonds is 0. The average molecular weight is 285 g/mol. The molecule has 0 aromatic heterocycles. The van der Waals surface area contributed by atoms with Gasteiger partial charge in [-0.2, -0.15) is 13.2 Å². The molecule has 0 unspecified atom stereocenters. The molecule has 0 bridgehead atoms. The van der Waals surface area contributed by atoms with Crippen LogP contribution < -0.4 is 0 Å². The number of hydrogen-bond donors (Lipinski definition) is 0. The van der Waals surface area contributed by atoms with Crippen molar-refractivity contribution in [1.82, 2.24) is 4.90 Å². The molecule has 0 aliphatic rings. The zero-order chi connectivity index (χ0) is 13.7. The van der Waals surface area contributed by atoms with Crippen molar-refractivity contribution in [3.63, 3.8) is 0 Å². The molecule has 0 rings (SSSR count). The fourth-order valence-corrected chi connectivity index (χ4v) is 0.400. The maximum atomic E-state index is 10.7. The zero-order valence-electron chi connectivity index (χ0n) is 9.04. The van der Waals surface area contributed by atoms with Crippen LogP contribution in [0.1, 0.15) is 0 Å². The van der Waals surface area contributed by atoms with E-state index >= 15 is 0 Å². The fourth-order valence-electron chi connectivity index (χ4n) is 0.400. The van der Waals surface area contributed by atoms with Crippen LogP contribution in [0.25, 0.3) is 0 Å². The molecule has 0 amide bonds. The van der Waals surface area contributed by atoms with Gasteiger partial charge in [-0.25, -0.2) is 8.42 Å². The average Bonchev–Trinajstić information content (AvgIpc) is 1.99. The van der Waals surface area contributed by atoms with Gasteiger partial charge in [0, 0.05) is 11.6 Å². The first kappa shape index (κ1) is 17.8. The molecule has 0 radical (unpaired) electrons. The second kappa shape index (κ2) is 6.26. The van der Waals surface area contributed by atoms with Crippen LogP contribution in [0.3, 0.4) is 0 Å². The predicted molar refractivity (Wildman–Crippen MR) is 52.4 cm³/mol. The first-order valence-electron chi connectivity index (χ1n) is 3.70. The van der Waals surface area contributed by atoms with E-state index < -0.39 is 15.6 Å². The Morgan fingerprint density at radius 1 is 1.31 bits per heavy atom. The third-order valence-corrected chi connectivity index (χ3v) is 2.26. The molecule has 0 fully saturated rings. The Morgan fingerprint density at radius 3 is 1.56 bits per heavy atom. The number of amidine groups is 1. The highest BCUT2D eigenvalue weighted by atomic mass is 35.5.